The van der Waals surface area contributed by atoms with E-state index in [2.05, 4.69) is 118 Å². The molecule has 0 aliphatic carbocycles. The number of carbonyl (C=O) groups is 3. The monoisotopic (exact) mass is 1370 g/mol. The van der Waals surface area contributed by atoms with Crippen molar-refractivity contribution in [1.82, 2.24) is 64.2 Å². The van der Waals surface area contributed by atoms with Crippen LogP contribution in [0, 0.1) is 18.3 Å². The Morgan fingerprint density at radius 3 is 1.89 bits per heavy atom. The van der Waals surface area contributed by atoms with Crippen molar-refractivity contribution in [3.05, 3.63) is 208 Å². The second kappa shape index (κ2) is 27.1. The zero-order valence-electron chi connectivity index (χ0n) is 55.2. The number of benzene rings is 2. The highest BCUT2D eigenvalue weighted by molar-refractivity contribution is 6.35. The zero-order valence-corrected chi connectivity index (χ0v) is 55.9. The molecule has 3 fully saturated rings. The minimum Gasteiger partial charge on any atom is -0.393 e. The van der Waals surface area contributed by atoms with Gasteiger partial charge >= 0.3 is 0 Å². The molecule has 0 bridgehead atoms. The van der Waals surface area contributed by atoms with Gasteiger partial charge in [-0.1, -0.05) is 23.7 Å². The van der Waals surface area contributed by atoms with Gasteiger partial charge in [0.05, 0.1) is 136 Å². The number of anilines is 8. The highest BCUT2D eigenvalue weighted by atomic mass is 35.5. The normalized spacial score (nSPS) is 16.2. The second-order valence-electron chi connectivity index (χ2n) is 25.6. The first-order valence-electron chi connectivity index (χ1n) is 33.5. The summed E-state index contributed by atoms with van der Waals surface area (Å²) in [4.78, 5) is 74.6. The van der Waals surface area contributed by atoms with Crippen molar-refractivity contribution in [2.45, 2.75) is 57.8 Å². The molecule has 12 aromatic rings. The quantitative estimate of drug-likeness (QED) is 0.0598. The molecule has 506 valence electrons. The highest BCUT2D eigenvalue weighted by Crippen LogP contribution is 2.44. The van der Waals surface area contributed by atoms with Crippen LogP contribution in [0.2, 0.25) is 5.02 Å². The summed E-state index contributed by atoms with van der Waals surface area (Å²) in [6.07, 6.45) is 20.7. The average Bonchev–Trinajstić information content (AvgIpc) is 1.65. The summed E-state index contributed by atoms with van der Waals surface area (Å²) in [6, 6.07) is 31.3. The second-order valence-corrected chi connectivity index (χ2v) is 26.0. The lowest BCUT2D eigenvalue weighted by Crippen LogP contribution is -2.36. The Bertz CT molecular complexity index is 5260. The molecule has 18 rings (SSSR count). The Hall–Kier alpha value is -11.8. The van der Waals surface area contributed by atoms with Gasteiger partial charge in [0, 0.05) is 118 Å². The molecule has 1 atom stereocenters. The molecule has 25 nitrogen and oxygen atoms in total. The van der Waals surface area contributed by atoms with Gasteiger partial charge < -0.3 is 60.8 Å². The number of hydrogen-bond donors (Lipinski definition) is 7. The van der Waals surface area contributed by atoms with Crippen LogP contribution in [0.1, 0.15) is 89.6 Å². The number of aliphatic hydroxyl groups is 1. The van der Waals surface area contributed by atoms with Crippen LogP contribution >= 0.6 is 11.6 Å². The average molecular weight is 1370 g/mol. The number of rotatable bonds is 12. The molecule has 10 aromatic heterocycles. The lowest BCUT2D eigenvalue weighted by Gasteiger charge is -2.31. The van der Waals surface area contributed by atoms with Crippen LogP contribution in [0.15, 0.2) is 153 Å². The number of pyridine rings is 7. The van der Waals surface area contributed by atoms with Crippen molar-refractivity contribution in [1.29, 1.82) is 5.26 Å². The molecule has 7 N–H and O–H groups in total. The lowest BCUT2D eigenvalue weighted by molar-refractivity contribution is 0.0958. The van der Waals surface area contributed by atoms with Gasteiger partial charge in [0.25, 0.3) is 17.7 Å². The Morgan fingerprint density at radius 1 is 0.564 bits per heavy atom. The fourth-order valence-corrected chi connectivity index (χ4v) is 14.4. The molecule has 0 spiro atoms. The van der Waals surface area contributed by atoms with Gasteiger partial charge in [-0.05, 0) is 133 Å². The molecule has 0 radical (unpaired) electrons. The van der Waals surface area contributed by atoms with Gasteiger partial charge in [0.1, 0.15) is 34.4 Å². The number of nitrogens with zero attached hydrogens (tertiary/aromatic N) is 13. The lowest BCUT2D eigenvalue weighted by atomic mass is 9.94. The molecule has 16 heterocycles. The molecule has 26 heteroatoms. The summed E-state index contributed by atoms with van der Waals surface area (Å²) < 4.78 is 16.8. The third kappa shape index (κ3) is 12.5. The number of piperidine rings is 1. The molecule has 0 unspecified atom stereocenters. The topological polar surface area (TPSA) is 296 Å². The first-order valence-corrected chi connectivity index (χ1v) is 33.9. The van der Waals surface area contributed by atoms with E-state index in [-0.39, 0.29) is 23.8 Å². The number of amides is 3. The van der Waals surface area contributed by atoms with Crippen molar-refractivity contribution in [2.24, 2.45) is 7.05 Å². The summed E-state index contributed by atoms with van der Waals surface area (Å²) in [5.74, 6) is 2.02. The summed E-state index contributed by atoms with van der Waals surface area (Å²) in [5.41, 5.74) is 19.0. The van der Waals surface area contributed by atoms with Gasteiger partial charge in [-0.15, -0.1) is 0 Å². The summed E-state index contributed by atoms with van der Waals surface area (Å²) >= 11 is 6.85. The van der Waals surface area contributed by atoms with E-state index >= 15 is 0 Å². The van der Waals surface area contributed by atoms with Gasteiger partial charge in [0.2, 0.25) is 0 Å². The van der Waals surface area contributed by atoms with Gasteiger partial charge in [-0.25, -0.2) is 29.9 Å². The maximum absolute atomic E-state index is 12.9. The zero-order chi connectivity index (χ0) is 68.8. The molecule has 6 aliphatic rings. The number of aryl methyl sites for hydroxylation is 2. The van der Waals surface area contributed by atoms with E-state index in [1.54, 1.807) is 43.0 Å². The van der Waals surface area contributed by atoms with Crippen LogP contribution in [0.5, 0.6) is 0 Å². The number of hydrogen-bond acceptors (Lipinski definition) is 19. The third-order valence-electron chi connectivity index (χ3n) is 19.4. The van der Waals surface area contributed by atoms with Crippen LogP contribution in [-0.4, -0.2) is 130 Å². The Labute approximate surface area is 584 Å². The standard InChI is InChI=1S/C26H25ClN6O2.C25H23N5O2.C24H20N8O2/c1-32-9-7-18-17(4-8-28-25(18)32)23-19-14-30-26(35)24(19)21(12-20(23)27)31-22-3-2-15(13-29-22)33-10-5-16(34)6-11-33;1-15-6-8-30-21(13-27-23(30)10-15)18-3-4-20(24-19(18)12-28-25(24)31)29-22-5-2-16(11-26-22)17-7-9-32-14-17;25-10-15-3-4-32-19(14-27-21(32)9-15)23-17-12-29-24(33)22(17)18(13-28-23)30-20-2-1-16(11-26-20)31-5-7-34-8-6-31/h2-4,7-9,12-13,16,34H,5-6,10-11,14H2,1H3,(H,29,31)(H,30,35);2-6,8,10-11,13,17H,7,9,12,14H2,1H3,(H,26,29)(H,28,31);1-4,9,11,13-14H,5-8,12H2,(H,26,30)(H,29,33)/t;17-;/m.0./s1. The van der Waals surface area contributed by atoms with Crippen LogP contribution < -0.4 is 41.7 Å². The largest absolute Gasteiger partial charge is 0.393 e. The maximum Gasteiger partial charge on any atom is 0.254 e. The van der Waals surface area contributed by atoms with Gasteiger partial charge in [0.15, 0.2) is 0 Å². The number of nitrogens with one attached hydrogen (secondary N) is 6. The fourth-order valence-electron chi connectivity index (χ4n) is 14.1. The first kappa shape index (κ1) is 63.9. The number of imidazole rings is 2. The Kier molecular flexibility index (Phi) is 17.2. The van der Waals surface area contributed by atoms with E-state index in [0.717, 1.165) is 143 Å². The number of fused-ring (bicyclic) bond motifs is 6. The predicted molar refractivity (Wildman–Crippen MR) is 384 cm³/mol. The van der Waals surface area contributed by atoms with Crippen molar-refractivity contribution < 1.29 is 29.0 Å². The maximum atomic E-state index is 12.9. The predicted octanol–water partition coefficient (Wildman–Crippen LogP) is 10.9. The minimum absolute atomic E-state index is 0.0752. The molecule has 101 heavy (non-hydrogen) atoms. The van der Waals surface area contributed by atoms with Crippen LogP contribution in [0.4, 0.5) is 45.9 Å². The van der Waals surface area contributed by atoms with Crippen molar-refractivity contribution in [2.75, 3.05) is 78.4 Å². The van der Waals surface area contributed by atoms with E-state index in [1.165, 1.54) is 5.56 Å². The summed E-state index contributed by atoms with van der Waals surface area (Å²) in [5, 5.41) is 39.2. The van der Waals surface area contributed by atoms with Gasteiger partial charge in [-0.3, -0.25) is 28.2 Å². The summed E-state index contributed by atoms with van der Waals surface area (Å²) in [7, 11) is 1.95. The van der Waals surface area contributed by atoms with Gasteiger partial charge in [-0.2, -0.15) is 5.26 Å². The number of carbonyl (C=O) groups excluding carboxylic acids is 3. The number of morpholine rings is 1. The van der Waals surface area contributed by atoms with E-state index in [1.807, 2.05) is 102 Å². The summed E-state index contributed by atoms with van der Waals surface area (Å²) in [6.45, 7) is 9.62. The smallest absolute Gasteiger partial charge is 0.254 e. The Balaban J connectivity index is 0.000000118. The highest BCUT2D eigenvalue weighted by Gasteiger charge is 2.33. The molecule has 6 aliphatic heterocycles. The molecular weight excluding hydrogens is 1300 g/mol. The van der Waals surface area contributed by atoms with Crippen molar-refractivity contribution in [3.63, 3.8) is 0 Å². The van der Waals surface area contributed by atoms with E-state index in [9.17, 15) is 19.5 Å². The number of aromatic nitrogens is 10. The van der Waals surface area contributed by atoms with Crippen LogP contribution in [0.25, 0.3) is 56.1 Å². The van der Waals surface area contributed by atoms with E-state index in [4.69, 9.17) is 26.3 Å². The molecule has 2 aromatic carbocycles. The third-order valence-corrected chi connectivity index (χ3v) is 19.7. The molecule has 3 amide bonds. The Morgan fingerprint density at radius 2 is 1.20 bits per heavy atom. The fraction of sp³-hybridized carbons (Fsp3) is 0.240. The minimum atomic E-state index is -0.216. The SMILES string of the molecule is Cc1ccn2c(-c3ccc(Nc4ccc([C@H]5CCOC5)cn4)c4c3CNC4=O)cnc2c1.Cn1ccc2c(-c3c(Cl)cc(Nc4ccc(N5CCC(O)CC5)cn4)c4c3CNC4=O)ccnc21.N#Cc1ccn2c(-c3ncc(Nc4ccc(N5CCOCC5)cn4)c4c3CNC4=O)cnc2c1. The van der Waals surface area contributed by atoms with Crippen LogP contribution in [0.3, 0.4) is 0 Å². The number of aliphatic hydroxyl groups excluding tert-OH is 1. The molecule has 3 saturated heterocycles. The van der Waals surface area contributed by atoms with E-state index < -0.39 is 0 Å². The first-order chi connectivity index (χ1) is 49.4. The number of ether oxygens (including phenoxy) is 2. The molecular formula is C75H68ClN19O6. The molecule has 0 saturated carbocycles. The van der Waals surface area contributed by atoms with Crippen LogP contribution in [-0.2, 0) is 36.2 Å². The van der Waals surface area contributed by atoms with E-state index in [0.29, 0.717) is 106 Å². The number of halogens is 1. The van der Waals surface area contributed by atoms with Crippen molar-refractivity contribution in [3.8, 4) is 39.8 Å². The number of nitriles is 1. The van der Waals surface area contributed by atoms with Crippen molar-refractivity contribution >= 4 is 97.5 Å².